The van der Waals surface area contributed by atoms with Crippen LogP contribution < -0.4 is 10.1 Å². The van der Waals surface area contributed by atoms with Crippen LogP contribution in [-0.4, -0.2) is 18.6 Å². The second kappa shape index (κ2) is 7.33. The van der Waals surface area contributed by atoms with E-state index in [1.807, 2.05) is 6.07 Å². The van der Waals surface area contributed by atoms with Crippen LogP contribution >= 0.6 is 11.6 Å². The van der Waals surface area contributed by atoms with E-state index in [2.05, 4.69) is 12.2 Å². The Morgan fingerprint density at radius 2 is 2.24 bits per heavy atom. The van der Waals surface area contributed by atoms with Gasteiger partial charge in [0.15, 0.2) is 6.61 Å². The number of hydrogen-bond donors (Lipinski definition) is 1. The van der Waals surface area contributed by atoms with E-state index in [0.717, 1.165) is 19.3 Å². The molecule has 0 bridgehead atoms. The highest BCUT2D eigenvalue weighted by Gasteiger charge is 2.22. The molecule has 1 aromatic carbocycles. The van der Waals surface area contributed by atoms with Gasteiger partial charge in [-0.25, -0.2) is 0 Å². The van der Waals surface area contributed by atoms with Gasteiger partial charge in [-0.05, 0) is 37.0 Å². The Hall–Kier alpha value is -1.73. The summed E-state index contributed by atoms with van der Waals surface area (Å²) in [6.07, 6.45) is 4.60. The highest BCUT2D eigenvalue weighted by Crippen LogP contribution is 2.26. The van der Waals surface area contributed by atoms with Crippen molar-refractivity contribution < 1.29 is 9.53 Å². The molecular weight excluding hydrogens is 288 g/mol. The van der Waals surface area contributed by atoms with Gasteiger partial charge in [0.05, 0.1) is 16.7 Å². The summed E-state index contributed by atoms with van der Waals surface area (Å²) in [6, 6.07) is 6.99. The lowest BCUT2D eigenvalue weighted by Gasteiger charge is -2.29. The fourth-order valence-corrected chi connectivity index (χ4v) is 2.84. The predicted molar refractivity (Wildman–Crippen MR) is 81.2 cm³/mol. The van der Waals surface area contributed by atoms with E-state index >= 15 is 0 Å². The number of hydrogen-bond acceptors (Lipinski definition) is 3. The van der Waals surface area contributed by atoms with Gasteiger partial charge < -0.3 is 10.1 Å². The van der Waals surface area contributed by atoms with Gasteiger partial charge in [-0.3, -0.25) is 4.79 Å². The molecule has 1 aliphatic rings. The number of carbonyl (C=O) groups excluding carboxylic acids is 1. The highest BCUT2D eigenvalue weighted by atomic mass is 35.5. The van der Waals surface area contributed by atoms with Crippen LogP contribution in [0.25, 0.3) is 0 Å². The maximum atomic E-state index is 11.9. The van der Waals surface area contributed by atoms with Gasteiger partial charge >= 0.3 is 0 Å². The monoisotopic (exact) mass is 306 g/mol. The zero-order chi connectivity index (χ0) is 15.2. The van der Waals surface area contributed by atoms with E-state index in [4.69, 9.17) is 21.6 Å². The average molecular weight is 307 g/mol. The van der Waals surface area contributed by atoms with Crippen molar-refractivity contribution in [2.75, 3.05) is 6.61 Å². The summed E-state index contributed by atoms with van der Waals surface area (Å²) >= 11 is 6.00. The van der Waals surface area contributed by atoms with Crippen LogP contribution in [0.1, 0.15) is 38.2 Å². The number of nitriles is 1. The molecule has 4 nitrogen and oxygen atoms in total. The third-order valence-electron chi connectivity index (χ3n) is 3.88. The first-order chi connectivity index (χ1) is 10.1. The Morgan fingerprint density at radius 1 is 1.48 bits per heavy atom. The summed E-state index contributed by atoms with van der Waals surface area (Å²) < 4.78 is 5.42. The van der Waals surface area contributed by atoms with Crippen LogP contribution in [0.2, 0.25) is 5.02 Å². The minimum absolute atomic E-state index is 0.0607. The molecule has 1 fully saturated rings. The molecular formula is C16H19ClN2O2. The van der Waals surface area contributed by atoms with E-state index in [1.54, 1.807) is 12.1 Å². The molecule has 21 heavy (non-hydrogen) atoms. The molecule has 2 rings (SSSR count). The van der Waals surface area contributed by atoms with Crippen molar-refractivity contribution in [3.05, 3.63) is 28.8 Å². The van der Waals surface area contributed by atoms with Gasteiger partial charge in [0.25, 0.3) is 5.91 Å². The normalized spacial score (nSPS) is 21.4. The smallest absolute Gasteiger partial charge is 0.258 e. The highest BCUT2D eigenvalue weighted by molar-refractivity contribution is 6.32. The second-order valence-corrected chi connectivity index (χ2v) is 5.89. The summed E-state index contributed by atoms with van der Waals surface area (Å²) in [5, 5.41) is 12.1. The number of nitrogens with zero attached hydrogens (tertiary/aromatic N) is 1. The Bertz CT molecular complexity index is 554. The SMILES string of the molecule is C[C@H]1CCCC[C@H]1NC(=O)COc1ccc(C#N)cc1Cl. The average Bonchev–Trinajstić information content (AvgIpc) is 2.48. The van der Waals surface area contributed by atoms with Crippen LogP contribution in [0.4, 0.5) is 0 Å². The summed E-state index contributed by atoms with van der Waals surface area (Å²) in [5.41, 5.74) is 0.466. The number of ether oxygens (including phenoxy) is 1. The molecule has 112 valence electrons. The zero-order valence-corrected chi connectivity index (χ0v) is 12.8. The van der Waals surface area contributed by atoms with Crippen molar-refractivity contribution >= 4 is 17.5 Å². The molecule has 0 unspecified atom stereocenters. The lowest BCUT2D eigenvalue weighted by Crippen LogP contribution is -2.43. The topological polar surface area (TPSA) is 62.1 Å². The third kappa shape index (κ3) is 4.37. The molecule has 0 radical (unpaired) electrons. The standard InChI is InChI=1S/C16H19ClN2O2/c1-11-4-2-3-5-14(11)19-16(20)10-21-15-7-6-12(9-18)8-13(15)17/h6-8,11,14H,2-5,10H2,1H3,(H,19,20)/t11-,14+/m0/s1. The zero-order valence-electron chi connectivity index (χ0n) is 12.1. The maximum absolute atomic E-state index is 11.9. The van der Waals surface area contributed by atoms with Crippen molar-refractivity contribution in [2.45, 2.75) is 38.6 Å². The molecule has 0 aliphatic heterocycles. The summed E-state index contributed by atoms with van der Waals surface area (Å²) in [6.45, 7) is 2.11. The molecule has 0 saturated heterocycles. The molecule has 1 saturated carbocycles. The van der Waals surface area contributed by atoms with Crippen LogP contribution in [0.3, 0.4) is 0 Å². The van der Waals surface area contributed by atoms with Crippen molar-refractivity contribution in [2.24, 2.45) is 5.92 Å². The summed E-state index contributed by atoms with van der Waals surface area (Å²) in [7, 11) is 0. The fraction of sp³-hybridized carbons (Fsp3) is 0.500. The maximum Gasteiger partial charge on any atom is 0.258 e. The van der Waals surface area contributed by atoms with Crippen molar-refractivity contribution in [1.82, 2.24) is 5.32 Å². The Morgan fingerprint density at radius 3 is 2.90 bits per heavy atom. The predicted octanol–water partition coefficient (Wildman–Crippen LogP) is 3.29. The number of amides is 1. The molecule has 5 heteroatoms. The lowest BCUT2D eigenvalue weighted by atomic mass is 9.86. The van der Waals surface area contributed by atoms with Gasteiger partial charge in [0.2, 0.25) is 0 Å². The minimum Gasteiger partial charge on any atom is -0.482 e. The van der Waals surface area contributed by atoms with E-state index in [9.17, 15) is 4.79 Å². The van der Waals surface area contributed by atoms with E-state index in [-0.39, 0.29) is 18.6 Å². The van der Waals surface area contributed by atoms with Gasteiger partial charge in [-0.1, -0.05) is 31.4 Å². The summed E-state index contributed by atoms with van der Waals surface area (Å²) in [5.74, 6) is 0.804. The number of carbonyl (C=O) groups is 1. The first-order valence-corrected chi connectivity index (χ1v) is 7.59. The molecule has 0 heterocycles. The Kier molecular flexibility index (Phi) is 5.46. The molecule has 0 spiro atoms. The lowest BCUT2D eigenvalue weighted by molar-refractivity contribution is -0.124. The molecule has 0 aromatic heterocycles. The fourth-order valence-electron chi connectivity index (χ4n) is 2.61. The second-order valence-electron chi connectivity index (χ2n) is 5.48. The number of halogens is 1. The number of nitrogens with one attached hydrogen (secondary N) is 1. The van der Waals surface area contributed by atoms with Gasteiger partial charge in [-0.2, -0.15) is 5.26 Å². The number of rotatable bonds is 4. The van der Waals surface area contributed by atoms with Crippen molar-refractivity contribution in [1.29, 1.82) is 5.26 Å². The summed E-state index contributed by atoms with van der Waals surface area (Å²) in [4.78, 5) is 11.9. The first-order valence-electron chi connectivity index (χ1n) is 7.22. The largest absolute Gasteiger partial charge is 0.482 e. The molecule has 2 atom stereocenters. The van der Waals surface area contributed by atoms with E-state index in [0.29, 0.717) is 22.3 Å². The van der Waals surface area contributed by atoms with Gasteiger partial charge in [0.1, 0.15) is 5.75 Å². The molecule has 1 aliphatic carbocycles. The third-order valence-corrected chi connectivity index (χ3v) is 4.17. The molecule has 1 amide bonds. The van der Waals surface area contributed by atoms with Crippen LogP contribution in [0, 0.1) is 17.2 Å². The Balaban J connectivity index is 1.85. The Labute approximate surface area is 130 Å². The van der Waals surface area contributed by atoms with Crippen molar-refractivity contribution in [3.63, 3.8) is 0 Å². The first kappa shape index (κ1) is 15.7. The quantitative estimate of drug-likeness (QED) is 0.928. The van der Waals surface area contributed by atoms with Gasteiger partial charge in [-0.15, -0.1) is 0 Å². The molecule has 1 N–H and O–H groups in total. The number of benzene rings is 1. The minimum atomic E-state index is -0.130. The molecule has 1 aromatic rings. The van der Waals surface area contributed by atoms with Crippen LogP contribution in [-0.2, 0) is 4.79 Å². The van der Waals surface area contributed by atoms with E-state index < -0.39 is 0 Å². The van der Waals surface area contributed by atoms with E-state index in [1.165, 1.54) is 12.5 Å². The van der Waals surface area contributed by atoms with Crippen LogP contribution in [0.5, 0.6) is 5.75 Å². The van der Waals surface area contributed by atoms with Crippen LogP contribution in [0.15, 0.2) is 18.2 Å². The van der Waals surface area contributed by atoms with Crippen molar-refractivity contribution in [3.8, 4) is 11.8 Å². The van der Waals surface area contributed by atoms with Gasteiger partial charge in [0, 0.05) is 6.04 Å².